The van der Waals surface area contributed by atoms with E-state index in [1.165, 1.54) is 12.1 Å². The molecule has 0 aliphatic carbocycles. The van der Waals surface area contributed by atoms with Gasteiger partial charge in [-0.2, -0.15) is 0 Å². The van der Waals surface area contributed by atoms with Gasteiger partial charge in [-0.15, -0.1) is 0 Å². The van der Waals surface area contributed by atoms with Crippen LogP contribution in [0.5, 0.6) is 5.75 Å². The highest BCUT2D eigenvalue weighted by molar-refractivity contribution is 7.80. The lowest BCUT2D eigenvalue weighted by Crippen LogP contribution is -2.29. The predicted octanol–water partition coefficient (Wildman–Crippen LogP) is 6.11. The number of hydrogen-bond donors (Lipinski definition) is 1. The lowest BCUT2D eigenvalue weighted by atomic mass is 10.0. The number of halogens is 1. The molecule has 3 heterocycles. The number of nitrogens with one attached hydrogen (secondary N) is 1. The minimum atomic E-state index is -0.433. The Morgan fingerprint density at radius 1 is 1.13 bits per heavy atom. The Balaban J connectivity index is 1.53. The molecule has 2 atom stereocenters. The van der Waals surface area contributed by atoms with Crippen LogP contribution in [0.15, 0.2) is 83.4 Å². The molecule has 5 rings (SSSR count). The summed E-state index contributed by atoms with van der Waals surface area (Å²) in [7, 11) is 1.60. The lowest BCUT2D eigenvalue weighted by Gasteiger charge is -2.26. The number of benzene rings is 2. The standard InChI is InChI=1S/C27H23ClN4O5S/c1-35-13-14-36-23-9-8-18(16-20(23)28)31-26(25(30-27(31)38)21-7-2-3-12-29-21)24-11-10-22(37-24)17-5-4-6-19(15-17)32(33)34/h2-12,15-16,25-26H,13-14H2,1H3,(H,30,38)/t25-,26+/m1/s1. The Labute approximate surface area is 229 Å². The van der Waals surface area contributed by atoms with Gasteiger partial charge in [-0.05, 0) is 54.7 Å². The number of hydrogen-bond acceptors (Lipinski definition) is 7. The van der Waals surface area contributed by atoms with Gasteiger partial charge in [0.2, 0.25) is 0 Å². The van der Waals surface area contributed by atoms with E-state index < -0.39 is 11.0 Å². The fourth-order valence-corrected chi connectivity index (χ4v) is 4.93. The van der Waals surface area contributed by atoms with Crippen LogP contribution < -0.4 is 15.0 Å². The zero-order valence-corrected chi connectivity index (χ0v) is 21.8. The first-order chi connectivity index (χ1) is 18.5. The van der Waals surface area contributed by atoms with Gasteiger partial charge in [0, 0.05) is 36.7 Å². The fraction of sp³-hybridized carbons (Fsp3) is 0.185. The van der Waals surface area contributed by atoms with Gasteiger partial charge < -0.3 is 24.1 Å². The number of non-ortho nitro benzene ring substituents is 1. The molecule has 0 spiro atoms. The number of anilines is 1. The first-order valence-corrected chi connectivity index (χ1v) is 12.5. The second kappa shape index (κ2) is 11.2. The molecule has 0 bridgehead atoms. The van der Waals surface area contributed by atoms with Crippen LogP contribution in [0.4, 0.5) is 11.4 Å². The zero-order chi connectivity index (χ0) is 26.6. The molecule has 0 saturated carbocycles. The predicted molar refractivity (Wildman–Crippen MR) is 148 cm³/mol. The Morgan fingerprint density at radius 3 is 2.74 bits per heavy atom. The Kier molecular flexibility index (Phi) is 7.54. The van der Waals surface area contributed by atoms with Crippen molar-refractivity contribution in [3.8, 4) is 17.1 Å². The first-order valence-electron chi connectivity index (χ1n) is 11.7. The molecule has 11 heteroatoms. The van der Waals surface area contributed by atoms with Gasteiger partial charge in [0.25, 0.3) is 5.69 Å². The number of methoxy groups -OCH3 is 1. The van der Waals surface area contributed by atoms with Crippen molar-refractivity contribution in [1.82, 2.24) is 10.3 Å². The van der Waals surface area contributed by atoms with E-state index >= 15 is 0 Å². The Morgan fingerprint density at radius 2 is 2.00 bits per heavy atom. The molecule has 1 N–H and O–H groups in total. The van der Waals surface area contributed by atoms with Crippen molar-refractivity contribution >= 4 is 40.3 Å². The molecule has 1 aliphatic rings. The van der Waals surface area contributed by atoms with Crippen LogP contribution in [0.25, 0.3) is 11.3 Å². The molecule has 1 fully saturated rings. The summed E-state index contributed by atoms with van der Waals surface area (Å²) in [5, 5.41) is 15.5. The monoisotopic (exact) mass is 550 g/mol. The number of rotatable bonds is 9. The smallest absolute Gasteiger partial charge is 0.270 e. The normalized spacial score (nSPS) is 16.9. The molecule has 38 heavy (non-hydrogen) atoms. The largest absolute Gasteiger partial charge is 0.490 e. The van der Waals surface area contributed by atoms with Gasteiger partial charge in [0.05, 0.1) is 28.3 Å². The highest BCUT2D eigenvalue weighted by atomic mass is 35.5. The molecule has 0 amide bonds. The average Bonchev–Trinajstić information content (AvgIpc) is 3.55. The summed E-state index contributed by atoms with van der Waals surface area (Å²) >= 11 is 12.3. The minimum absolute atomic E-state index is 0.0143. The number of pyridine rings is 1. The summed E-state index contributed by atoms with van der Waals surface area (Å²) in [4.78, 5) is 17.3. The van der Waals surface area contributed by atoms with E-state index in [1.807, 2.05) is 35.2 Å². The first kappa shape index (κ1) is 25.7. The van der Waals surface area contributed by atoms with E-state index in [2.05, 4.69) is 10.3 Å². The molecule has 1 saturated heterocycles. The van der Waals surface area contributed by atoms with E-state index in [1.54, 1.807) is 43.6 Å². The van der Waals surface area contributed by atoms with Crippen molar-refractivity contribution in [1.29, 1.82) is 0 Å². The summed E-state index contributed by atoms with van der Waals surface area (Å²) in [5.74, 6) is 1.64. The summed E-state index contributed by atoms with van der Waals surface area (Å²) in [6.07, 6.45) is 1.72. The summed E-state index contributed by atoms with van der Waals surface area (Å²) in [5.41, 5.74) is 2.10. The summed E-state index contributed by atoms with van der Waals surface area (Å²) in [6.45, 7) is 0.813. The highest BCUT2D eigenvalue weighted by Crippen LogP contribution is 2.44. The Bertz CT molecular complexity index is 1460. The molecular formula is C27H23ClN4O5S. The quantitative estimate of drug-likeness (QED) is 0.114. The van der Waals surface area contributed by atoms with E-state index in [-0.39, 0.29) is 11.7 Å². The number of nitro benzene ring substituents is 1. The number of thiocarbonyl (C=S) groups is 1. The highest BCUT2D eigenvalue weighted by Gasteiger charge is 2.42. The van der Waals surface area contributed by atoms with Crippen molar-refractivity contribution < 1.29 is 18.8 Å². The lowest BCUT2D eigenvalue weighted by molar-refractivity contribution is -0.384. The SMILES string of the molecule is COCCOc1ccc(N2C(=S)N[C@H](c3ccccn3)[C@@H]2c2ccc(-c3cccc([N+](=O)[O-])c3)o2)cc1Cl. The molecule has 1 aliphatic heterocycles. The molecule has 9 nitrogen and oxygen atoms in total. The topological polar surface area (TPSA) is 103 Å². The van der Waals surface area contributed by atoms with Gasteiger partial charge in [-0.25, -0.2) is 0 Å². The average molecular weight is 551 g/mol. The van der Waals surface area contributed by atoms with Crippen molar-refractivity contribution in [3.63, 3.8) is 0 Å². The van der Waals surface area contributed by atoms with E-state index in [9.17, 15) is 10.1 Å². The third-order valence-corrected chi connectivity index (χ3v) is 6.71. The van der Waals surface area contributed by atoms with Crippen LogP contribution in [0.3, 0.4) is 0 Å². The van der Waals surface area contributed by atoms with E-state index in [0.29, 0.717) is 46.2 Å². The third kappa shape index (κ3) is 5.19. The van der Waals surface area contributed by atoms with Crippen molar-refractivity contribution in [2.75, 3.05) is 25.2 Å². The van der Waals surface area contributed by atoms with Gasteiger partial charge in [-0.1, -0.05) is 29.8 Å². The van der Waals surface area contributed by atoms with Crippen molar-refractivity contribution in [2.45, 2.75) is 12.1 Å². The molecule has 4 aromatic rings. The zero-order valence-electron chi connectivity index (χ0n) is 20.2. The van der Waals surface area contributed by atoms with Crippen LogP contribution in [-0.2, 0) is 4.74 Å². The maximum absolute atomic E-state index is 11.3. The van der Waals surface area contributed by atoms with Gasteiger partial charge in [0.15, 0.2) is 5.11 Å². The maximum Gasteiger partial charge on any atom is 0.270 e. The van der Waals surface area contributed by atoms with Crippen LogP contribution in [0, 0.1) is 10.1 Å². The number of ether oxygens (including phenoxy) is 2. The fourth-order valence-electron chi connectivity index (χ4n) is 4.35. The number of nitrogens with zero attached hydrogens (tertiary/aromatic N) is 3. The summed E-state index contributed by atoms with van der Waals surface area (Å²) in [6, 6.07) is 20.3. The molecular weight excluding hydrogens is 528 g/mol. The number of aromatic nitrogens is 1. The van der Waals surface area contributed by atoms with Crippen LogP contribution >= 0.6 is 23.8 Å². The molecule has 194 valence electrons. The van der Waals surface area contributed by atoms with Crippen LogP contribution in [-0.4, -0.2) is 35.3 Å². The van der Waals surface area contributed by atoms with Gasteiger partial charge in [0.1, 0.15) is 29.9 Å². The second-order valence-corrected chi connectivity index (χ2v) is 9.26. The number of nitro groups is 1. The molecule has 2 aromatic heterocycles. The van der Waals surface area contributed by atoms with Gasteiger partial charge >= 0.3 is 0 Å². The molecule has 0 radical (unpaired) electrons. The van der Waals surface area contributed by atoms with Crippen molar-refractivity contribution in [2.24, 2.45) is 0 Å². The minimum Gasteiger partial charge on any atom is -0.490 e. The third-order valence-electron chi connectivity index (χ3n) is 6.10. The Hall–Kier alpha value is -3.99. The van der Waals surface area contributed by atoms with Crippen LogP contribution in [0.2, 0.25) is 5.02 Å². The second-order valence-electron chi connectivity index (χ2n) is 8.46. The van der Waals surface area contributed by atoms with E-state index in [0.717, 1.165) is 11.4 Å². The molecule has 0 unspecified atom stereocenters. The van der Waals surface area contributed by atoms with Crippen LogP contribution in [0.1, 0.15) is 23.5 Å². The van der Waals surface area contributed by atoms with Crippen molar-refractivity contribution in [3.05, 3.63) is 106 Å². The summed E-state index contributed by atoms with van der Waals surface area (Å²) < 4.78 is 17.0. The van der Waals surface area contributed by atoms with E-state index in [4.69, 9.17) is 37.7 Å². The molecule has 2 aromatic carbocycles. The van der Waals surface area contributed by atoms with Gasteiger partial charge in [-0.3, -0.25) is 15.1 Å². The number of furan rings is 1. The maximum atomic E-state index is 11.3.